The van der Waals surface area contributed by atoms with E-state index in [0.29, 0.717) is 51.4 Å². The van der Waals surface area contributed by atoms with E-state index >= 15 is 0 Å². The zero-order valence-electron chi connectivity index (χ0n) is 34.1. The van der Waals surface area contributed by atoms with Gasteiger partial charge in [0.05, 0.1) is 24.9 Å². The maximum absolute atomic E-state index is 14.7. The van der Waals surface area contributed by atoms with E-state index in [-0.39, 0.29) is 36.8 Å². The maximum atomic E-state index is 14.7. The van der Waals surface area contributed by atoms with Crippen LogP contribution in [0.5, 0.6) is 11.5 Å². The number of hydrogen-bond acceptors (Lipinski definition) is 13. The molecule has 0 unspecified atom stereocenters. The minimum atomic E-state index is -1.32. The summed E-state index contributed by atoms with van der Waals surface area (Å²) in [6.45, 7) is 12.7. The molecular weight excluding hydrogens is 781 g/mol. The van der Waals surface area contributed by atoms with Crippen molar-refractivity contribution >= 4 is 57.2 Å². The van der Waals surface area contributed by atoms with Crippen molar-refractivity contribution in [2.24, 2.45) is 23.2 Å². The van der Waals surface area contributed by atoms with Crippen LogP contribution < -0.4 is 25.4 Å². The fraction of sp³-hybridized carbons (Fsp3) is 0.548. The van der Waals surface area contributed by atoms with E-state index in [1.807, 2.05) is 40.0 Å². The molecule has 8 atom stereocenters. The van der Waals surface area contributed by atoms with E-state index in [1.54, 1.807) is 30.3 Å². The molecule has 3 aromatic rings. The number of likely N-dealkylation sites (tertiary alicyclic amines) is 1. The van der Waals surface area contributed by atoms with Gasteiger partial charge in [0.15, 0.2) is 11.7 Å². The first kappa shape index (κ1) is 41.7. The number of nitrogens with one attached hydrogen (secondary N) is 3. The molecule has 1 aromatic carbocycles. The van der Waals surface area contributed by atoms with Gasteiger partial charge in [-0.05, 0) is 68.9 Å². The largest absolute Gasteiger partial charge is 0.488 e. The highest BCUT2D eigenvalue weighted by atomic mass is 32.1. The molecule has 1 saturated heterocycles. The Morgan fingerprint density at radius 1 is 1.05 bits per heavy atom. The minimum Gasteiger partial charge on any atom is -0.488 e. The van der Waals surface area contributed by atoms with Gasteiger partial charge >= 0.3 is 18.0 Å². The lowest BCUT2D eigenvalue weighted by Crippen LogP contribution is -2.59. The van der Waals surface area contributed by atoms with Crippen LogP contribution in [-0.4, -0.2) is 106 Å². The van der Waals surface area contributed by atoms with E-state index in [4.69, 9.17) is 28.9 Å². The molecule has 59 heavy (non-hydrogen) atoms. The highest BCUT2D eigenvalue weighted by Gasteiger charge is 2.62. The van der Waals surface area contributed by atoms with Crippen molar-refractivity contribution in [1.82, 2.24) is 25.5 Å². The van der Waals surface area contributed by atoms with Crippen LogP contribution in [0.1, 0.15) is 66.7 Å². The number of benzene rings is 1. The van der Waals surface area contributed by atoms with Crippen LogP contribution in [0.3, 0.4) is 0 Å². The lowest BCUT2D eigenvalue weighted by Gasteiger charge is -2.35. The summed E-state index contributed by atoms with van der Waals surface area (Å²) in [4.78, 5) is 77.6. The van der Waals surface area contributed by atoms with E-state index in [2.05, 4.69) is 22.5 Å². The fourth-order valence-corrected chi connectivity index (χ4v) is 9.11. The Morgan fingerprint density at radius 3 is 2.44 bits per heavy atom. The van der Waals surface area contributed by atoms with Crippen molar-refractivity contribution in [3.8, 4) is 22.9 Å². The van der Waals surface area contributed by atoms with Gasteiger partial charge in [0.1, 0.15) is 47.0 Å². The second-order valence-electron chi connectivity index (χ2n) is 17.4. The van der Waals surface area contributed by atoms with Gasteiger partial charge in [-0.15, -0.1) is 17.9 Å². The number of aliphatic carboxylic acids is 1. The van der Waals surface area contributed by atoms with Crippen molar-refractivity contribution in [1.29, 1.82) is 0 Å². The number of amides is 3. The molecule has 3 amide bonds. The van der Waals surface area contributed by atoms with Crippen LogP contribution in [0.15, 0.2) is 42.3 Å². The zero-order valence-corrected chi connectivity index (χ0v) is 34.9. The molecule has 16 nitrogen and oxygen atoms in total. The normalized spacial score (nSPS) is 26.1. The van der Waals surface area contributed by atoms with Crippen molar-refractivity contribution in [2.75, 3.05) is 25.6 Å². The number of methoxy groups -OCH3 is 1. The number of thiazole rings is 1. The maximum Gasteiger partial charge on any atom is 0.408 e. The number of ether oxygens (including phenoxy) is 4. The summed E-state index contributed by atoms with van der Waals surface area (Å²) < 4.78 is 23.0. The second-order valence-corrected chi connectivity index (χ2v) is 18.2. The molecule has 0 spiro atoms. The van der Waals surface area contributed by atoms with Gasteiger partial charge in [-0.1, -0.05) is 26.8 Å². The second kappa shape index (κ2) is 16.3. The SMILES string of the molecule is C=C[C@@H]1C[C@]1(NC(=O)[C@@H]1C[C@@H](Oc2cc(-c3csc(NC(C)C)n3)nc3cc(OCC(=O)O)ccc23)CN1C(=O)[C@@H](NC(=O)O[C@@H]1C[C@@H]2C[C@@H]2C1)C(C)(C)C)C(=O)OC. The number of carbonyl (C=O) groups is 5. The zero-order chi connectivity index (χ0) is 42.4. The lowest BCUT2D eigenvalue weighted by atomic mass is 9.85. The Bertz CT molecular complexity index is 2140. The van der Waals surface area contributed by atoms with Gasteiger partial charge in [0.25, 0.3) is 0 Å². The number of carbonyl (C=O) groups excluding carboxylic acids is 4. The van der Waals surface area contributed by atoms with Gasteiger partial charge in [-0.3, -0.25) is 9.59 Å². The van der Waals surface area contributed by atoms with Crippen LogP contribution >= 0.6 is 11.3 Å². The third-order valence-electron chi connectivity index (χ3n) is 11.5. The third kappa shape index (κ3) is 9.09. The number of carboxylic acids is 1. The molecular formula is C42H52N6O10S. The number of esters is 1. The number of rotatable bonds is 15. The number of fused-ring (bicyclic) bond motifs is 2. The number of aromatic nitrogens is 2. The molecule has 0 radical (unpaired) electrons. The number of pyridine rings is 1. The van der Waals surface area contributed by atoms with Gasteiger partial charge in [0, 0.05) is 41.3 Å². The highest BCUT2D eigenvalue weighted by molar-refractivity contribution is 7.14. The average Bonchev–Trinajstić information content (AvgIpc) is 3.84. The van der Waals surface area contributed by atoms with Crippen LogP contribution in [-0.2, 0) is 28.7 Å². The predicted octanol–water partition coefficient (Wildman–Crippen LogP) is 5.16. The molecule has 1 aliphatic heterocycles. The summed E-state index contributed by atoms with van der Waals surface area (Å²) in [5.74, 6) is -1.34. The molecule has 7 rings (SSSR count). The molecule has 0 bridgehead atoms. The number of hydrogen-bond donors (Lipinski definition) is 4. The summed E-state index contributed by atoms with van der Waals surface area (Å²) in [6.07, 6.45) is 3.08. The Balaban J connectivity index is 1.20. The number of anilines is 1. The number of alkyl carbamates (subject to hydrolysis) is 1. The molecule has 4 N–H and O–H groups in total. The molecule has 3 saturated carbocycles. The van der Waals surface area contributed by atoms with E-state index in [0.717, 1.165) is 19.3 Å². The Labute approximate surface area is 346 Å². The fourth-order valence-electron chi connectivity index (χ4n) is 8.26. The van der Waals surface area contributed by atoms with E-state index in [9.17, 15) is 29.1 Å². The third-order valence-corrected chi connectivity index (χ3v) is 12.2. The smallest absolute Gasteiger partial charge is 0.408 e. The first-order chi connectivity index (χ1) is 28.0. The lowest BCUT2D eigenvalue weighted by molar-refractivity contribution is -0.148. The van der Waals surface area contributed by atoms with Gasteiger partial charge in [-0.25, -0.2) is 24.4 Å². The first-order valence-electron chi connectivity index (χ1n) is 20.0. The van der Waals surface area contributed by atoms with Crippen molar-refractivity contribution in [3.05, 3.63) is 42.3 Å². The molecule has 3 aliphatic carbocycles. The number of carboxylic acid groups (broad SMARTS) is 1. The summed E-state index contributed by atoms with van der Waals surface area (Å²) in [6, 6.07) is 4.63. The van der Waals surface area contributed by atoms with Crippen molar-refractivity contribution < 1.29 is 48.0 Å². The van der Waals surface area contributed by atoms with Crippen LogP contribution in [0.4, 0.5) is 9.93 Å². The Hall–Kier alpha value is -5.45. The van der Waals surface area contributed by atoms with Gasteiger partial charge in [0.2, 0.25) is 11.8 Å². The molecule has 4 fully saturated rings. The Morgan fingerprint density at radius 2 is 1.80 bits per heavy atom. The molecule has 2 aromatic heterocycles. The quantitative estimate of drug-likeness (QED) is 0.115. The number of nitrogens with zero attached hydrogens (tertiary/aromatic N) is 3. The van der Waals surface area contributed by atoms with Crippen LogP contribution in [0.2, 0.25) is 0 Å². The summed E-state index contributed by atoms with van der Waals surface area (Å²) in [5, 5.41) is 21.3. The van der Waals surface area contributed by atoms with Gasteiger partial charge in [-0.2, -0.15) is 0 Å². The predicted molar refractivity (Wildman–Crippen MR) is 218 cm³/mol. The molecule has 17 heteroatoms. The summed E-state index contributed by atoms with van der Waals surface area (Å²) in [7, 11) is 1.25. The van der Waals surface area contributed by atoms with Gasteiger partial charge < -0.3 is 44.9 Å². The van der Waals surface area contributed by atoms with E-state index < -0.39 is 65.6 Å². The van der Waals surface area contributed by atoms with Crippen molar-refractivity contribution in [3.63, 3.8) is 0 Å². The topological polar surface area (TPSA) is 208 Å². The Kier molecular flexibility index (Phi) is 11.5. The standard InChI is InChI=1S/C42H52N6O10S/c1-8-24-17-42(24,38(53)55-7)47-36(51)32-15-27(18-48(32)37(52)35(41(4,5)6)46-40(54)58-26-12-22-11-23(22)13-26)57-33-16-30(31-20-59-39(45-31)43-21(2)3)44-29-14-25(9-10-28(29)33)56-19-34(49)50/h8-10,14,16,20-24,26-27,32,35H,1,11-13,15,17-19H2,2-7H3,(H,43,45)(H,46,54)(H,47,51)(H,49,50)/t22-,23+,24-,26+,27-,32+,35-,42-/m1/s1. The molecule has 316 valence electrons. The highest BCUT2D eigenvalue weighted by Crippen LogP contribution is 2.52. The molecule has 4 aliphatic rings. The average molecular weight is 833 g/mol. The van der Waals surface area contributed by atoms with E-state index in [1.165, 1.54) is 23.3 Å². The van der Waals surface area contributed by atoms with Crippen LogP contribution in [0, 0.1) is 23.2 Å². The van der Waals surface area contributed by atoms with Crippen LogP contribution in [0.25, 0.3) is 22.3 Å². The molecule has 3 heterocycles. The first-order valence-corrected chi connectivity index (χ1v) is 20.8. The minimum absolute atomic E-state index is 0.0395. The monoisotopic (exact) mass is 832 g/mol. The summed E-state index contributed by atoms with van der Waals surface area (Å²) in [5.41, 5.74) is -0.639. The summed E-state index contributed by atoms with van der Waals surface area (Å²) >= 11 is 1.41. The van der Waals surface area contributed by atoms with Crippen molar-refractivity contribution in [2.45, 2.75) is 103 Å².